The summed E-state index contributed by atoms with van der Waals surface area (Å²) in [6.07, 6.45) is 4.46. The number of aromatic nitrogens is 4. The molecule has 4 aromatic carbocycles. The summed E-state index contributed by atoms with van der Waals surface area (Å²) in [7, 11) is 0. The third-order valence-corrected chi connectivity index (χ3v) is 9.42. The van der Waals surface area contributed by atoms with Crippen LogP contribution in [0.2, 0.25) is 0 Å². The van der Waals surface area contributed by atoms with E-state index in [0.29, 0.717) is 60.4 Å². The summed E-state index contributed by atoms with van der Waals surface area (Å²) < 4.78 is 30.8. The fourth-order valence-electron chi connectivity index (χ4n) is 6.56. The molecule has 0 spiro atoms. The van der Waals surface area contributed by atoms with Crippen molar-refractivity contribution in [3.63, 3.8) is 0 Å². The van der Waals surface area contributed by atoms with Crippen LogP contribution in [0.3, 0.4) is 0 Å². The summed E-state index contributed by atoms with van der Waals surface area (Å²) in [5.41, 5.74) is 3.08. The number of hydrogen-bond acceptors (Lipinski definition) is 11. The number of carbonyl (C=O) groups is 1. The van der Waals surface area contributed by atoms with Crippen LogP contribution >= 0.6 is 0 Å². The summed E-state index contributed by atoms with van der Waals surface area (Å²) in [4.78, 5) is 24.9. The topological polar surface area (TPSA) is 146 Å². The molecule has 8 rings (SSSR count). The molecular formula is C42H44N8O6. The van der Waals surface area contributed by atoms with Gasteiger partial charge in [-0.15, -0.1) is 0 Å². The standard InChI is InChI=1S/C42H44N8O6/c1-2-3-6-30-28-39(50(48-30)31-10-12-32(13-11-31)53-24-21-49-19-22-52-23-20-49)46-42(51)45-35-14-16-36(34-8-5-4-7-33(34)35)56-40-17-18-43-41(47-40)44-29-9-15-37-38(27-29)55-26-25-54-37/h4-5,7-18,27-28H,2-3,6,19-26H2,1H3,(H,43,44,47)(H2,45,46,51). The molecular weight excluding hydrogens is 713 g/mol. The molecule has 56 heavy (non-hydrogen) atoms. The van der Waals surface area contributed by atoms with Crippen LogP contribution in [-0.4, -0.2) is 83.3 Å². The lowest BCUT2D eigenvalue weighted by molar-refractivity contribution is 0.0322. The average Bonchev–Trinajstić information content (AvgIpc) is 3.63. The van der Waals surface area contributed by atoms with E-state index in [1.807, 2.05) is 84.9 Å². The predicted molar refractivity (Wildman–Crippen MR) is 214 cm³/mol. The lowest BCUT2D eigenvalue weighted by Crippen LogP contribution is -2.38. The second-order valence-electron chi connectivity index (χ2n) is 13.4. The van der Waals surface area contributed by atoms with Gasteiger partial charge in [-0.25, -0.2) is 14.5 Å². The number of hydrogen-bond donors (Lipinski definition) is 3. The fourth-order valence-corrected chi connectivity index (χ4v) is 6.56. The highest BCUT2D eigenvalue weighted by Gasteiger charge is 2.17. The van der Waals surface area contributed by atoms with Crippen molar-refractivity contribution in [3.05, 3.63) is 103 Å². The first-order valence-electron chi connectivity index (χ1n) is 19.0. The smallest absolute Gasteiger partial charge is 0.324 e. The van der Waals surface area contributed by atoms with Crippen molar-refractivity contribution in [2.45, 2.75) is 26.2 Å². The zero-order valence-corrected chi connectivity index (χ0v) is 31.2. The summed E-state index contributed by atoms with van der Waals surface area (Å²) in [5.74, 6) is 3.98. The van der Waals surface area contributed by atoms with Crippen molar-refractivity contribution in [2.75, 3.05) is 68.6 Å². The minimum absolute atomic E-state index is 0.350. The van der Waals surface area contributed by atoms with Crippen LogP contribution in [0.25, 0.3) is 16.5 Å². The molecule has 14 heteroatoms. The Hall–Kier alpha value is -6.38. The molecule has 0 aliphatic carbocycles. The van der Waals surface area contributed by atoms with Crippen molar-refractivity contribution in [1.29, 1.82) is 0 Å². The van der Waals surface area contributed by atoms with Gasteiger partial charge < -0.3 is 34.3 Å². The molecule has 14 nitrogen and oxygen atoms in total. The van der Waals surface area contributed by atoms with Crippen molar-refractivity contribution in [1.82, 2.24) is 24.6 Å². The van der Waals surface area contributed by atoms with E-state index in [2.05, 4.69) is 37.7 Å². The maximum Gasteiger partial charge on any atom is 0.324 e. The second kappa shape index (κ2) is 17.4. The van der Waals surface area contributed by atoms with Gasteiger partial charge in [0, 0.05) is 60.5 Å². The number of nitrogens with one attached hydrogen (secondary N) is 3. The van der Waals surface area contributed by atoms with E-state index >= 15 is 0 Å². The molecule has 0 bridgehead atoms. The predicted octanol–water partition coefficient (Wildman–Crippen LogP) is 7.82. The molecule has 2 aromatic heterocycles. The summed E-state index contributed by atoms with van der Waals surface area (Å²) in [6.45, 7) is 8.00. The van der Waals surface area contributed by atoms with E-state index in [4.69, 9.17) is 28.8 Å². The first-order chi connectivity index (χ1) is 27.6. The van der Waals surface area contributed by atoms with E-state index < -0.39 is 6.03 Å². The van der Waals surface area contributed by atoms with Gasteiger partial charge in [-0.1, -0.05) is 37.6 Å². The Bertz CT molecular complexity index is 2270. The summed E-state index contributed by atoms with van der Waals surface area (Å²) in [5, 5.41) is 15.7. The van der Waals surface area contributed by atoms with Crippen molar-refractivity contribution < 1.29 is 28.5 Å². The Morgan fingerprint density at radius 1 is 0.857 bits per heavy atom. The first-order valence-corrected chi connectivity index (χ1v) is 19.0. The normalized spacial score (nSPS) is 13.9. The lowest BCUT2D eigenvalue weighted by atomic mass is 10.1. The third kappa shape index (κ3) is 8.94. The Labute approximate surface area is 324 Å². The maximum atomic E-state index is 13.6. The molecule has 0 unspecified atom stereocenters. The highest BCUT2D eigenvalue weighted by atomic mass is 16.6. The van der Waals surface area contributed by atoms with E-state index in [0.717, 1.165) is 85.7 Å². The molecule has 1 fully saturated rings. The lowest BCUT2D eigenvalue weighted by Gasteiger charge is -2.26. The zero-order valence-electron chi connectivity index (χ0n) is 31.2. The minimum Gasteiger partial charge on any atom is -0.492 e. The summed E-state index contributed by atoms with van der Waals surface area (Å²) in [6, 6.07) is 27.9. The van der Waals surface area contributed by atoms with Gasteiger partial charge >= 0.3 is 6.03 Å². The number of fused-ring (bicyclic) bond motifs is 2. The molecule has 1 saturated heterocycles. The molecule has 288 valence electrons. The largest absolute Gasteiger partial charge is 0.492 e. The van der Waals surface area contributed by atoms with Crippen molar-refractivity contribution >= 4 is 39.9 Å². The number of ether oxygens (including phenoxy) is 5. The third-order valence-electron chi connectivity index (χ3n) is 9.42. The highest BCUT2D eigenvalue weighted by Crippen LogP contribution is 2.36. The number of amides is 2. The van der Waals surface area contributed by atoms with Crippen LogP contribution in [0, 0.1) is 0 Å². The van der Waals surface area contributed by atoms with Crippen LogP contribution < -0.4 is 34.9 Å². The van der Waals surface area contributed by atoms with Gasteiger partial charge in [0.05, 0.1) is 30.3 Å². The number of urea groups is 1. The van der Waals surface area contributed by atoms with E-state index in [1.165, 1.54) is 0 Å². The molecule has 0 radical (unpaired) electrons. The van der Waals surface area contributed by atoms with Crippen molar-refractivity contribution in [2.24, 2.45) is 0 Å². The van der Waals surface area contributed by atoms with Gasteiger partial charge in [0.15, 0.2) is 11.5 Å². The van der Waals surface area contributed by atoms with Crippen molar-refractivity contribution in [3.8, 4) is 34.6 Å². The molecule has 2 aliphatic heterocycles. The van der Waals surface area contributed by atoms with Crippen LogP contribution in [0.15, 0.2) is 97.2 Å². The zero-order chi connectivity index (χ0) is 38.1. The van der Waals surface area contributed by atoms with Crippen LogP contribution in [0.5, 0.6) is 28.9 Å². The molecule has 0 saturated carbocycles. The second-order valence-corrected chi connectivity index (χ2v) is 13.4. The van der Waals surface area contributed by atoms with Gasteiger partial charge in [-0.2, -0.15) is 10.1 Å². The van der Waals surface area contributed by atoms with Crippen LogP contribution in [-0.2, 0) is 11.2 Å². The molecule has 4 heterocycles. The number of rotatable bonds is 14. The number of unbranched alkanes of at least 4 members (excludes halogenated alkanes) is 1. The van der Waals surface area contributed by atoms with E-state index in [9.17, 15) is 4.79 Å². The van der Waals surface area contributed by atoms with Gasteiger partial charge in [0.2, 0.25) is 11.8 Å². The maximum absolute atomic E-state index is 13.6. The van der Waals surface area contributed by atoms with E-state index in [-0.39, 0.29) is 0 Å². The average molecular weight is 757 g/mol. The Morgan fingerprint density at radius 2 is 1.68 bits per heavy atom. The minimum atomic E-state index is -0.402. The number of morpholine rings is 1. The number of carbonyl (C=O) groups excluding carboxylic acids is 1. The fraction of sp³-hybridized carbons (Fsp3) is 0.286. The van der Waals surface area contributed by atoms with Gasteiger partial charge in [0.25, 0.3) is 0 Å². The van der Waals surface area contributed by atoms with Gasteiger partial charge in [-0.3, -0.25) is 10.2 Å². The van der Waals surface area contributed by atoms with Crippen LogP contribution in [0.1, 0.15) is 25.5 Å². The molecule has 2 amide bonds. The highest BCUT2D eigenvalue weighted by molar-refractivity contribution is 6.07. The Morgan fingerprint density at radius 3 is 2.52 bits per heavy atom. The van der Waals surface area contributed by atoms with E-state index in [1.54, 1.807) is 16.9 Å². The number of aryl methyl sites for hydroxylation is 1. The molecule has 2 aliphatic rings. The Balaban J connectivity index is 0.946. The molecule has 3 N–H and O–H groups in total. The monoisotopic (exact) mass is 756 g/mol. The number of benzene rings is 4. The van der Waals surface area contributed by atoms with Crippen LogP contribution in [0.4, 0.5) is 27.9 Å². The van der Waals surface area contributed by atoms with Gasteiger partial charge in [-0.05, 0) is 61.4 Å². The van der Waals surface area contributed by atoms with Gasteiger partial charge in [0.1, 0.15) is 37.1 Å². The summed E-state index contributed by atoms with van der Waals surface area (Å²) >= 11 is 0. The first kappa shape index (κ1) is 36.6. The Kier molecular flexibility index (Phi) is 11.4. The number of nitrogens with zero attached hydrogens (tertiary/aromatic N) is 5. The SMILES string of the molecule is CCCCc1cc(NC(=O)Nc2ccc(Oc3ccnc(Nc4ccc5c(c4)OCCO5)n3)c3ccccc23)n(-c2ccc(OCCN3CCOCC3)cc2)n1. The molecule has 0 atom stereocenters. The number of anilines is 4. The quantitative estimate of drug-likeness (QED) is 0.100. The molecule has 6 aromatic rings.